The number of nitrogens with one attached hydrogen (secondary N) is 2. The van der Waals surface area contributed by atoms with Crippen LogP contribution in [0, 0.1) is 12.3 Å². The van der Waals surface area contributed by atoms with E-state index in [1.807, 2.05) is 20.8 Å². The van der Waals surface area contributed by atoms with Crippen LogP contribution >= 0.6 is 0 Å². The van der Waals surface area contributed by atoms with Gasteiger partial charge in [0.15, 0.2) is 0 Å². The first kappa shape index (κ1) is 27.6. The fourth-order valence-corrected chi connectivity index (χ4v) is 6.26. The maximum absolute atomic E-state index is 13.6. The molecular formula is C27H38N6O5S. The number of ether oxygens (including phenoxy) is 1. The van der Waals surface area contributed by atoms with Crippen LogP contribution < -0.4 is 19.8 Å². The lowest BCUT2D eigenvalue weighted by Crippen LogP contribution is -2.49. The average Bonchev–Trinajstić information content (AvgIpc) is 3.61. The summed E-state index contributed by atoms with van der Waals surface area (Å²) in [6, 6.07) is 6.66. The van der Waals surface area contributed by atoms with Gasteiger partial charge in [-0.15, -0.1) is 0 Å². The number of aliphatic hydroxyl groups is 1. The van der Waals surface area contributed by atoms with Crippen LogP contribution in [0.15, 0.2) is 24.3 Å². The van der Waals surface area contributed by atoms with Crippen molar-refractivity contribution in [3.63, 3.8) is 0 Å². The first-order valence-corrected chi connectivity index (χ1v) is 15.2. The number of nitrogens with zero attached hydrogens (tertiary/aromatic N) is 4. The molecule has 2 saturated heterocycles. The van der Waals surface area contributed by atoms with Gasteiger partial charge in [-0.3, -0.25) is 9.52 Å². The summed E-state index contributed by atoms with van der Waals surface area (Å²) in [6.07, 6.45) is 4.62. The van der Waals surface area contributed by atoms with Crippen LogP contribution in [0.5, 0.6) is 0 Å². The number of anilines is 4. The Morgan fingerprint density at radius 1 is 1.08 bits per heavy atom. The van der Waals surface area contributed by atoms with Crippen LogP contribution in [-0.2, 0) is 14.8 Å². The number of aryl methyl sites for hydroxylation is 1. The largest absolute Gasteiger partial charge is 0.395 e. The minimum Gasteiger partial charge on any atom is -0.395 e. The lowest BCUT2D eigenvalue weighted by atomic mass is 9.93. The normalized spacial score (nSPS) is 20.1. The predicted molar refractivity (Wildman–Crippen MR) is 151 cm³/mol. The molecule has 3 heterocycles. The Labute approximate surface area is 230 Å². The molecule has 0 unspecified atom stereocenters. The zero-order valence-corrected chi connectivity index (χ0v) is 23.7. The highest BCUT2D eigenvalue weighted by atomic mass is 32.2. The number of aliphatic hydroxyl groups excluding tert-OH is 1. The smallest absolute Gasteiger partial charge is 0.258 e. The zero-order chi connectivity index (χ0) is 27.8. The standard InChI is InChI=1S/C27H38N6O5S/c1-19-16-23(30-25(28-19)33-12-14-38-26(2,3)18-33)29-24(35)21-5-4-20(31-39(36,37)15-13-34)17-22(21)32-10-8-27(6-7-27)9-11-32/h4-5,16-17,31,34H,6-15,18H2,1-3H3,(H,28,29,30,35). The van der Waals surface area contributed by atoms with E-state index in [0.29, 0.717) is 53.8 Å². The van der Waals surface area contributed by atoms with Gasteiger partial charge in [0, 0.05) is 37.9 Å². The first-order chi connectivity index (χ1) is 18.5. The monoisotopic (exact) mass is 558 g/mol. The number of benzene rings is 1. The van der Waals surface area contributed by atoms with Gasteiger partial charge in [-0.1, -0.05) is 0 Å². The topological polar surface area (TPSA) is 137 Å². The molecule has 2 aliphatic heterocycles. The number of carbonyl (C=O) groups is 1. The molecule has 0 radical (unpaired) electrons. The maximum Gasteiger partial charge on any atom is 0.258 e. The van der Waals surface area contributed by atoms with Crippen LogP contribution in [-0.4, -0.2) is 80.1 Å². The summed E-state index contributed by atoms with van der Waals surface area (Å²) >= 11 is 0. The van der Waals surface area contributed by atoms with Crippen molar-refractivity contribution < 1.29 is 23.1 Å². The number of carbonyl (C=O) groups excluding carboxylic acids is 1. The molecule has 11 nitrogen and oxygen atoms in total. The van der Waals surface area contributed by atoms with E-state index in [1.165, 1.54) is 12.8 Å². The molecule has 5 rings (SSSR count). The first-order valence-electron chi connectivity index (χ1n) is 13.5. The van der Waals surface area contributed by atoms with E-state index >= 15 is 0 Å². The molecule has 3 N–H and O–H groups in total. The molecular weight excluding hydrogens is 520 g/mol. The quantitative estimate of drug-likeness (QED) is 0.447. The summed E-state index contributed by atoms with van der Waals surface area (Å²) in [6.45, 7) is 8.92. The molecule has 1 spiro atoms. The van der Waals surface area contributed by atoms with E-state index < -0.39 is 22.4 Å². The van der Waals surface area contributed by atoms with Gasteiger partial charge >= 0.3 is 0 Å². The van der Waals surface area contributed by atoms with E-state index in [4.69, 9.17) is 9.84 Å². The molecule has 39 heavy (non-hydrogen) atoms. The van der Waals surface area contributed by atoms with Gasteiger partial charge in [-0.25, -0.2) is 13.4 Å². The minimum absolute atomic E-state index is 0.322. The van der Waals surface area contributed by atoms with Crippen molar-refractivity contribution in [1.82, 2.24) is 9.97 Å². The number of piperidine rings is 1. The zero-order valence-electron chi connectivity index (χ0n) is 22.9. The van der Waals surface area contributed by atoms with Gasteiger partial charge in [0.05, 0.1) is 41.5 Å². The summed E-state index contributed by atoms with van der Waals surface area (Å²) in [5.74, 6) is 0.224. The molecule has 12 heteroatoms. The van der Waals surface area contributed by atoms with E-state index in [-0.39, 0.29) is 11.5 Å². The van der Waals surface area contributed by atoms with Crippen molar-refractivity contribution in [3.05, 3.63) is 35.5 Å². The Morgan fingerprint density at radius 2 is 1.82 bits per heavy atom. The number of hydrogen-bond acceptors (Lipinski definition) is 9. The highest BCUT2D eigenvalue weighted by Gasteiger charge is 2.44. The number of amides is 1. The lowest BCUT2D eigenvalue weighted by molar-refractivity contribution is -0.0281. The Hall–Kier alpha value is -2.96. The summed E-state index contributed by atoms with van der Waals surface area (Å²) in [4.78, 5) is 27.1. The van der Waals surface area contributed by atoms with Crippen molar-refractivity contribution in [2.75, 3.05) is 65.0 Å². The molecule has 1 aromatic carbocycles. The highest BCUT2D eigenvalue weighted by molar-refractivity contribution is 7.92. The molecule has 2 aromatic rings. The summed E-state index contributed by atoms with van der Waals surface area (Å²) in [5, 5.41) is 12.0. The second kappa shape index (κ2) is 10.5. The summed E-state index contributed by atoms with van der Waals surface area (Å²) in [5.41, 5.74) is 2.33. The Bertz CT molecular complexity index is 1330. The number of sulfonamides is 1. The van der Waals surface area contributed by atoms with Crippen LogP contribution in [0.2, 0.25) is 0 Å². The van der Waals surface area contributed by atoms with Crippen LogP contribution in [0.3, 0.4) is 0 Å². The SMILES string of the molecule is Cc1cc(NC(=O)c2ccc(NS(=O)(=O)CCO)cc2N2CCC3(CC2)CC3)nc(N2CCOC(C)(C)C2)n1. The molecule has 0 atom stereocenters. The molecule has 1 aliphatic carbocycles. The number of morpholine rings is 1. The fourth-order valence-electron chi connectivity index (χ4n) is 5.43. The maximum atomic E-state index is 13.6. The van der Waals surface area contributed by atoms with E-state index in [1.54, 1.807) is 24.3 Å². The van der Waals surface area contributed by atoms with Crippen molar-refractivity contribution in [3.8, 4) is 0 Å². The van der Waals surface area contributed by atoms with Gasteiger partial charge in [0.25, 0.3) is 5.91 Å². The van der Waals surface area contributed by atoms with Crippen LogP contribution in [0.4, 0.5) is 23.1 Å². The highest BCUT2D eigenvalue weighted by Crippen LogP contribution is 2.54. The average molecular weight is 559 g/mol. The molecule has 3 fully saturated rings. The van der Waals surface area contributed by atoms with Crippen molar-refractivity contribution in [2.45, 2.75) is 52.1 Å². The molecule has 3 aliphatic rings. The molecule has 1 amide bonds. The van der Waals surface area contributed by atoms with Crippen molar-refractivity contribution in [2.24, 2.45) is 5.41 Å². The molecule has 0 bridgehead atoms. The van der Waals surface area contributed by atoms with Gasteiger partial charge in [0.2, 0.25) is 16.0 Å². The van der Waals surface area contributed by atoms with Gasteiger partial charge < -0.3 is 25.0 Å². The number of aromatic nitrogens is 2. The van der Waals surface area contributed by atoms with E-state index in [0.717, 1.165) is 31.6 Å². The third-order valence-electron chi connectivity index (χ3n) is 7.79. The predicted octanol–water partition coefficient (Wildman–Crippen LogP) is 2.77. The molecule has 1 saturated carbocycles. The fraction of sp³-hybridized carbons (Fsp3) is 0.593. The Balaban J connectivity index is 1.40. The van der Waals surface area contributed by atoms with E-state index in [9.17, 15) is 13.2 Å². The third kappa shape index (κ3) is 6.62. The van der Waals surface area contributed by atoms with Crippen LogP contribution in [0.1, 0.15) is 55.6 Å². The minimum atomic E-state index is -3.70. The van der Waals surface area contributed by atoms with Crippen molar-refractivity contribution >= 4 is 39.1 Å². The summed E-state index contributed by atoms with van der Waals surface area (Å²) in [7, 11) is -3.70. The van der Waals surface area contributed by atoms with E-state index in [2.05, 4.69) is 29.8 Å². The number of hydrogen-bond donors (Lipinski definition) is 3. The number of rotatable bonds is 8. The van der Waals surface area contributed by atoms with Gasteiger partial charge in [-0.2, -0.15) is 4.98 Å². The van der Waals surface area contributed by atoms with Crippen molar-refractivity contribution in [1.29, 1.82) is 0 Å². The Morgan fingerprint density at radius 3 is 2.49 bits per heavy atom. The van der Waals surface area contributed by atoms with Gasteiger partial charge in [0.1, 0.15) is 5.82 Å². The molecule has 1 aromatic heterocycles. The van der Waals surface area contributed by atoms with Gasteiger partial charge in [-0.05, 0) is 70.1 Å². The Kier molecular flexibility index (Phi) is 7.47. The lowest BCUT2D eigenvalue weighted by Gasteiger charge is -2.38. The second-order valence-electron chi connectivity index (χ2n) is 11.5. The molecule has 212 valence electrons. The summed E-state index contributed by atoms with van der Waals surface area (Å²) < 4.78 is 32.9. The third-order valence-corrected chi connectivity index (χ3v) is 9.06. The van der Waals surface area contributed by atoms with Crippen LogP contribution in [0.25, 0.3) is 0 Å². The second-order valence-corrected chi connectivity index (χ2v) is 13.4.